The number of nitrogens with zero attached hydrogens (tertiary/aromatic N) is 2. The summed E-state index contributed by atoms with van der Waals surface area (Å²) in [6.07, 6.45) is 4.00. The van der Waals surface area contributed by atoms with Crippen LogP contribution in [0.3, 0.4) is 0 Å². The monoisotopic (exact) mass is 455 g/mol. The molecular formula is C23H22ClN3O3S. The lowest BCUT2D eigenvalue weighted by atomic mass is 10.1. The number of carbonyl (C=O) groups is 2. The maximum atomic E-state index is 12.5. The molecule has 1 saturated heterocycles. The first-order valence-electron chi connectivity index (χ1n) is 10.1. The number of rotatable bonds is 6. The minimum atomic E-state index is -0.346. The lowest BCUT2D eigenvalue weighted by Crippen LogP contribution is -2.31. The summed E-state index contributed by atoms with van der Waals surface area (Å²) in [6, 6.07) is 14.2. The van der Waals surface area contributed by atoms with E-state index in [1.54, 1.807) is 30.3 Å². The van der Waals surface area contributed by atoms with Gasteiger partial charge >= 0.3 is 0 Å². The van der Waals surface area contributed by atoms with E-state index in [0.29, 0.717) is 34.0 Å². The van der Waals surface area contributed by atoms with Gasteiger partial charge in [-0.1, -0.05) is 29.8 Å². The zero-order chi connectivity index (χ0) is 21.6. The Labute approximate surface area is 189 Å². The predicted molar refractivity (Wildman–Crippen MR) is 121 cm³/mol. The van der Waals surface area contributed by atoms with Gasteiger partial charge in [0.15, 0.2) is 4.80 Å². The Morgan fingerprint density at radius 1 is 1.19 bits per heavy atom. The number of halogens is 1. The third kappa shape index (κ3) is 5.70. The number of nitrogens with one attached hydrogen (secondary N) is 1. The first-order chi connectivity index (χ1) is 15.1. The molecule has 0 spiro atoms. The molecule has 31 heavy (non-hydrogen) atoms. The maximum Gasteiger partial charge on any atom is 0.279 e. The second-order valence-electron chi connectivity index (χ2n) is 7.29. The number of carbonyl (C=O) groups excluding carboxylic acids is 2. The summed E-state index contributed by atoms with van der Waals surface area (Å²) in [5, 5.41) is 5.32. The molecule has 0 radical (unpaired) electrons. The van der Waals surface area contributed by atoms with Crippen molar-refractivity contribution < 1.29 is 14.3 Å². The highest BCUT2D eigenvalue weighted by Gasteiger charge is 2.16. The molecule has 4 rings (SSSR count). The Bertz CT molecular complexity index is 1150. The van der Waals surface area contributed by atoms with E-state index in [1.165, 1.54) is 11.3 Å². The van der Waals surface area contributed by atoms with E-state index in [4.69, 9.17) is 16.3 Å². The molecule has 6 nitrogen and oxygen atoms in total. The highest BCUT2D eigenvalue weighted by molar-refractivity contribution is 7.07. The standard InChI is InChI=1S/C23H22ClN3O3S/c24-19-7-2-6-18(13-19)22(29)26-23-27(9-11-31-23)15-16-4-1-5-17(12-16)21(28)25-14-20-8-3-10-30-20/h1-2,4-7,9,11-13,20H,3,8,10,14-15H2,(H,25,28)/t20-/m1/s1. The van der Waals surface area contributed by atoms with E-state index in [2.05, 4.69) is 10.3 Å². The number of hydrogen-bond acceptors (Lipinski definition) is 4. The first kappa shape index (κ1) is 21.5. The van der Waals surface area contributed by atoms with Crippen LogP contribution in [0.5, 0.6) is 0 Å². The van der Waals surface area contributed by atoms with Gasteiger partial charge in [0.1, 0.15) is 0 Å². The summed E-state index contributed by atoms with van der Waals surface area (Å²) in [6.45, 7) is 1.79. The molecule has 2 heterocycles. The van der Waals surface area contributed by atoms with E-state index in [-0.39, 0.29) is 17.9 Å². The minimum Gasteiger partial charge on any atom is -0.376 e. The van der Waals surface area contributed by atoms with Crippen LogP contribution in [-0.2, 0) is 11.3 Å². The third-order valence-electron chi connectivity index (χ3n) is 4.99. The van der Waals surface area contributed by atoms with Crippen LogP contribution >= 0.6 is 22.9 Å². The van der Waals surface area contributed by atoms with Crippen molar-refractivity contribution in [1.82, 2.24) is 9.88 Å². The van der Waals surface area contributed by atoms with Crippen molar-refractivity contribution in [3.05, 3.63) is 86.6 Å². The summed E-state index contributed by atoms with van der Waals surface area (Å²) >= 11 is 7.35. The average Bonchev–Trinajstić information content (AvgIpc) is 3.45. The smallest absolute Gasteiger partial charge is 0.279 e. The fourth-order valence-electron chi connectivity index (χ4n) is 3.40. The Hall–Kier alpha value is -2.74. The Kier molecular flexibility index (Phi) is 6.96. The van der Waals surface area contributed by atoms with Gasteiger partial charge < -0.3 is 14.6 Å². The van der Waals surface area contributed by atoms with E-state index >= 15 is 0 Å². The number of benzene rings is 2. The van der Waals surface area contributed by atoms with Crippen molar-refractivity contribution in [3.63, 3.8) is 0 Å². The van der Waals surface area contributed by atoms with Gasteiger partial charge in [0, 0.05) is 47.4 Å². The molecule has 3 aromatic rings. The van der Waals surface area contributed by atoms with Gasteiger partial charge in [-0.2, -0.15) is 4.99 Å². The minimum absolute atomic E-state index is 0.106. The van der Waals surface area contributed by atoms with Crippen molar-refractivity contribution in [2.75, 3.05) is 13.2 Å². The molecule has 0 saturated carbocycles. The molecule has 160 valence electrons. The number of thiazole rings is 1. The summed E-state index contributed by atoms with van der Waals surface area (Å²) < 4.78 is 7.44. The summed E-state index contributed by atoms with van der Waals surface area (Å²) in [5.41, 5.74) is 1.98. The van der Waals surface area contributed by atoms with Crippen LogP contribution in [-0.4, -0.2) is 35.6 Å². The Balaban J connectivity index is 1.46. The summed E-state index contributed by atoms with van der Waals surface area (Å²) in [7, 11) is 0. The molecule has 0 bridgehead atoms. The van der Waals surface area contributed by atoms with Gasteiger partial charge in [0.2, 0.25) is 0 Å². The normalized spacial score (nSPS) is 16.4. The largest absolute Gasteiger partial charge is 0.376 e. The second-order valence-corrected chi connectivity index (χ2v) is 8.60. The Morgan fingerprint density at radius 3 is 2.84 bits per heavy atom. The summed E-state index contributed by atoms with van der Waals surface area (Å²) in [5.74, 6) is -0.463. The quantitative estimate of drug-likeness (QED) is 0.612. The van der Waals surface area contributed by atoms with Crippen molar-refractivity contribution in [1.29, 1.82) is 0 Å². The number of ether oxygens (including phenoxy) is 1. The number of amides is 2. The highest BCUT2D eigenvalue weighted by atomic mass is 35.5. The maximum absolute atomic E-state index is 12.5. The third-order valence-corrected chi connectivity index (χ3v) is 6.01. The molecule has 0 unspecified atom stereocenters. The molecule has 1 aliphatic rings. The molecule has 1 N–H and O–H groups in total. The fraction of sp³-hybridized carbons (Fsp3) is 0.261. The number of aromatic nitrogens is 1. The van der Waals surface area contributed by atoms with E-state index in [0.717, 1.165) is 25.0 Å². The van der Waals surface area contributed by atoms with E-state index in [9.17, 15) is 9.59 Å². The second kappa shape index (κ2) is 10.0. The van der Waals surface area contributed by atoms with Crippen LogP contribution in [0.25, 0.3) is 0 Å². The van der Waals surface area contributed by atoms with E-state index in [1.807, 2.05) is 34.3 Å². The van der Waals surface area contributed by atoms with Crippen LogP contribution in [0.15, 0.2) is 65.1 Å². The molecule has 1 aromatic heterocycles. The zero-order valence-corrected chi connectivity index (χ0v) is 18.4. The molecule has 1 atom stereocenters. The van der Waals surface area contributed by atoms with Gasteiger partial charge in [-0.25, -0.2) is 0 Å². The Morgan fingerprint density at radius 2 is 2.03 bits per heavy atom. The van der Waals surface area contributed by atoms with Crippen molar-refractivity contribution in [2.24, 2.45) is 4.99 Å². The molecule has 1 fully saturated rings. The van der Waals surface area contributed by atoms with Crippen LogP contribution in [0.2, 0.25) is 5.02 Å². The van der Waals surface area contributed by atoms with Crippen molar-refractivity contribution in [2.45, 2.75) is 25.5 Å². The summed E-state index contributed by atoms with van der Waals surface area (Å²) in [4.78, 5) is 29.8. The number of hydrogen-bond donors (Lipinski definition) is 1. The van der Waals surface area contributed by atoms with Gasteiger partial charge in [-0.05, 0) is 48.7 Å². The van der Waals surface area contributed by atoms with Crippen molar-refractivity contribution >= 4 is 34.8 Å². The van der Waals surface area contributed by atoms with Crippen LogP contribution in [0.1, 0.15) is 39.1 Å². The molecule has 2 aromatic carbocycles. The van der Waals surface area contributed by atoms with Crippen LogP contribution in [0, 0.1) is 0 Å². The predicted octanol–water partition coefficient (Wildman–Crippen LogP) is 3.90. The highest BCUT2D eigenvalue weighted by Crippen LogP contribution is 2.13. The van der Waals surface area contributed by atoms with Crippen molar-refractivity contribution in [3.8, 4) is 0 Å². The lowest BCUT2D eigenvalue weighted by Gasteiger charge is -2.11. The van der Waals surface area contributed by atoms with Gasteiger partial charge in [-0.15, -0.1) is 11.3 Å². The fourth-order valence-corrected chi connectivity index (χ4v) is 4.32. The molecule has 1 aliphatic heterocycles. The van der Waals surface area contributed by atoms with Crippen LogP contribution < -0.4 is 10.1 Å². The molecule has 0 aliphatic carbocycles. The average molecular weight is 456 g/mol. The topological polar surface area (TPSA) is 72.7 Å². The lowest BCUT2D eigenvalue weighted by molar-refractivity contribution is 0.0857. The van der Waals surface area contributed by atoms with E-state index < -0.39 is 0 Å². The molecular weight excluding hydrogens is 434 g/mol. The SMILES string of the molecule is O=C(N=c1sccn1Cc1cccc(C(=O)NC[C@H]2CCCO2)c1)c1cccc(Cl)c1. The van der Waals surface area contributed by atoms with Crippen LogP contribution in [0.4, 0.5) is 0 Å². The zero-order valence-electron chi connectivity index (χ0n) is 16.8. The van der Waals surface area contributed by atoms with Gasteiger partial charge in [0.05, 0.1) is 6.10 Å². The first-order valence-corrected chi connectivity index (χ1v) is 11.3. The molecule has 8 heteroatoms. The van der Waals surface area contributed by atoms with Gasteiger partial charge in [0.25, 0.3) is 11.8 Å². The molecule has 2 amide bonds. The van der Waals surface area contributed by atoms with Gasteiger partial charge in [-0.3, -0.25) is 9.59 Å².